The quantitative estimate of drug-likeness (QED) is 0.600. The van der Waals surface area contributed by atoms with Crippen LogP contribution in [0.15, 0.2) is 30.3 Å². The summed E-state index contributed by atoms with van der Waals surface area (Å²) in [6.45, 7) is 2.86. The minimum Gasteiger partial charge on any atom is -0.462 e. The smallest absolute Gasteiger partial charge is 0.377 e. The van der Waals surface area contributed by atoms with Crippen molar-refractivity contribution in [2.24, 2.45) is 0 Å². The van der Waals surface area contributed by atoms with Crippen LogP contribution in [0, 0.1) is 6.92 Å². The molecule has 0 aliphatic carbocycles. The lowest BCUT2D eigenvalue weighted by molar-refractivity contribution is -0.170. The van der Waals surface area contributed by atoms with E-state index in [4.69, 9.17) is 0 Å². The molecule has 0 N–H and O–H groups in total. The molecule has 0 heterocycles. The van der Waals surface area contributed by atoms with Gasteiger partial charge in [0.15, 0.2) is 0 Å². The molecule has 0 unspecified atom stereocenters. The van der Waals surface area contributed by atoms with Gasteiger partial charge in [-0.25, -0.2) is 4.79 Å². The van der Waals surface area contributed by atoms with Gasteiger partial charge in [0, 0.05) is 5.57 Å². The fourth-order valence-corrected chi connectivity index (χ4v) is 1.56. The van der Waals surface area contributed by atoms with Crippen LogP contribution in [0.2, 0.25) is 0 Å². The molecule has 1 rings (SSSR count). The van der Waals surface area contributed by atoms with E-state index < -0.39 is 30.0 Å². The molecule has 0 amide bonds. The predicted octanol–water partition coefficient (Wildman–Crippen LogP) is 4.19. The normalized spacial score (nSPS) is 11.1. The maximum absolute atomic E-state index is 13.5. The summed E-state index contributed by atoms with van der Waals surface area (Å²) in [4.78, 5) is 11.1. The monoisotopic (exact) mass is 290 g/mol. The highest BCUT2D eigenvalue weighted by Crippen LogP contribution is 2.33. The summed E-state index contributed by atoms with van der Waals surface area (Å²) < 4.78 is 57.0. The lowest BCUT2D eigenvalue weighted by Gasteiger charge is -2.16. The van der Waals surface area contributed by atoms with Crippen molar-refractivity contribution in [2.75, 3.05) is 6.61 Å². The standard InChI is InChI=1S/C14H14F4O2/c1-3-20-13(19)14(17,18)8-11(12(15)16)10-6-4-9(2)5-7-10/h4-7H,3,8H2,1-2H3. The van der Waals surface area contributed by atoms with E-state index in [9.17, 15) is 22.4 Å². The minimum atomic E-state index is -3.99. The van der Waals surface area contributed by atoms with E-state index >= 15 is 0 Å². The highest BCUT2D eigenvalue weighted by atomic mass is 19.3. The molecule has 0 bridgehead atoms. The van der Waals surface area contributed by atoms with Gasteiger partial charge >= 0.3 is 11.9 Å². The second-order valence-electron chi connectivity index (χ2n) is 4.21. The Hall–Kier alpha value is -1.85. The predicted molar refractivity (Wildman–Crippen MR) is 66.5 cm³/mol. The molecule has 0 aliphatic rings. The van der Waals surface area contributed by atoms with Crippen molar-refractivity contribution < 1.29 is 27.1 Å². The van der Waals surface area contributed by atoms with Gasteiger partial charge in [-0.3, -0.25) is 0 Å². The van der Waals surface area contributed by atoms with Gasteiger partial charge in [-0.15, -0.1) is 0 Å². The van der Waals surface area contributed by atoms with Crippen LogP contribution in [0.5, 0.6) is 0 Å². The van der Waals surface area contributed by atoms with Gasteiger partial charge < -0.3 is 4.74 Å². The van der Waals surface area contributed by atoms with Crippen LogP contribution in [-0.2, 0) is 9.53 Å². The molecule has 0 atom stereocenters. The number of esters is 1. The number of alkyl halides is 2. The number of carbonyl (C=O) groups excluding carboxylic acids is 1. The first-order valence-electron chi connectivity index (χ1n) is 5.94. The molecule has 1 aromatic carbocycles. The molecule has 6 heteroatoms. The van der Waals surface area contributed by atoms with E-state index in [1.165, 1.54) is 31.2 Å². The lowest BCUT2D eigenvalue weighted by Crippen LogP contribution is -2.31. The average molecular weight is 290 g/mol. The number of allylic oxidation sites excluding steroid dienone is 1. The largest absolute Gasteiger partial charge is 0.462 e. The Labute approximate surface area is 114 Å². The fourth-order valence-electron chi connectivity index (χ4n) is 1.56. The fraction of sp³-hybridized carbons (Fsp3) is 0.357. The molecular weight excluding hydrogens is 276 g/mol. The lowest BCUT2D eigenvalue weighted by atomic mass is 9.99. The van der Waals surface area contributed by atoms with Gasteiger partial charge in [-0.1, -0.05) is 29.8 Å². The number of hydrogen-bond acceptors (Lipinski definition) is 2. The second-order valence-corrected chi connectivity index (χ2v) is 4.21. The Bertz CT molecular complexity index is 502. The number of carbonyl (C=O) groups is 1. The van der Waals surface area contributed by atoms with Gasteiger partial charge in [0.05, 0.1) is 13.0 Å². The van der Waals surface area contributed by atoms with Crippen molar-refractivity contribution in [2.45, 2.75) is 26.2 Å². The minimum absolute atomic E-state index is 0.0421. The first-order valence-corrected chi connectivity index (χ1v) is 5.94. The zero-order chi connectivity index (χ0) is 15.3. The summed E-state index contributed by atoms with van der Waals surface area (Å²) in [5, 5.41) is 0. The van der Waals surface area contributed by atoms with Crippen molar-refractivity contribution in [1.29, 1.82) is 0 Å². The van der Waals surface area contributed by atoms with Gasteiger partial charge in [0.25, 0.3) is 6.08 Å². The van der Waals surface area contributed by atoms with Crippen LogP contribution in [0.4, 0.5) is 17.6 Å². The molecule has 0 aliphatic heterocycles. The summed E-state index contributed by atoms with van der Waals surface area (Å²) in [6.07, 6.45) is -3.63. The maximum atomic E-state index is 13.5. The van der Waals surface area contributed by atoms with Crippen LogP contribution in [0.25, 0.3) is 5.57 Å². The zero-order valence-corrected chi connectivity index (χ0v) is 11.1. The van der Waals surface area contributed by atoms with E-state index in [0.29, 0.717) is 0 Å². The van der Waals surface area contributed by atoms with Crippen LogP contribution in [0.3, 0.4) is 0 Å². The number of halogens is 4. The summed E-state index contributed by atoms with van der Waals surface area (Å²) in [7, 11) is 0. The summed E-state index contributed by atoms with van der Waals surface area (Å²) in [5.41, 5.74) is -0.0906. The van der Waals surface area contributed by atoms with E-state index in [0.717, 1.165) is 5.56 Å². The van der Waals surface area contributed by atoms with Crippen molar-refractivity contribution in [1.82, 2.24) is 0 Å². The second kappa shape index (κ2) is 6.54. The van der Waals surface area contributed by atoms with E-state index in [2.05, 4.69) is 4.74 Å². The third-order valence-corrected chi connectivity index (χ3v) is 2.60. The zero-order valence-electron chi connectivity index (χ0n) is 11.1. The first-order chi connectivity index (χ1) is 9.27. The van der Waals surface area contributed by atoms with Crippen molar-refractivity contribution in [3.8, 4) is 0 Å². The van der Waals surface area contributed by atoms with Crippen molar-refractivity contribution in [3.63, 3.8) is 0 Å². The van der Waals surface area contributed by atoms with Gasteiger partial charge in [-0.05, 0) is 19.4 Å². The number of rotatable bonds is 5. The van der Waals surface area contributed by atoms with E-state index in [1.54, 1.807) is 6.92 Å². The third kappa shape index (κ3) is 4.08. The number of ether oxygens (including phenoxy) is 1. The van der Waals surface area contributed by atoms with Gasteiger partial charge in [0.1, 0.15) is 0 Å². The number of benzene rings is 1. The molecule has 2 nitrogen and oxygen atoms in total. The number of hydrogen-bond donors (Lipinski definition) is 0. The highest BCUT2D eigenvalue weighted by Gasteiger charge is 2.42. The number of aryl methyl sites for hydroxylation is 1. The summed E-state index contributed by atoms with van der Waals surface area (Å²) >= 11 is 0. The molecule has 20 heavy (non-hydrogen) atoms. The van der Waals surface area contributed by atoms with Gasteiger partial charge in [0.2, 0.25) is 0 Å². The Morgan fingerprint density at radius 3 is 2.20 bits per heavy atom. The first kappa shape index (κ1) is 16.2. The van der Waals surface area contributed by atoms with Crippen LogP contribution in [-0.4, -0.2) is 18.5 Å². The SMILES string of the molecule is CCOC(=O)C(F)(F)CC(=C(F)F)c1ccc(C)cc1. The van der Waals surface area contributed by atoms with Crippen LogP contribution in [0.1, 0.15) is 24.5 Å². The van der Waals surface area contributed by atoms with Crippen LogP contribution < -0.4 is 0 Å². The van der Waals surface area contributed by atoms with E-state index in [1.807, 2.05) is 0 Å². The summed E-state index contributed by atoms with van der Waals surface area (Å²) in [5.74, 6) is -5.79. The Morgan fingerprint density at radius 2 is 1.75 bits per heavy atom. The van der Waals surface area contributed by atoms with Gasteiger partial charge in [-0.2, -0.15) is 17.6 Å². The average Bonchev–Trinajstić information content (AvgIpc) is 2.37. The third-order valence-electron chi connectivity index (χ3n) is 2.60. The molecule has 110 valence electrons. The van der Waals surface area contributed by atoms with Crippen molar-refractivity contribution in [3.05, 3.63) is 41.5 Å². The molecule has 0 aromatic heterocycles. The van der Waals surface area contributed by atoms with E-state index in [-0.39, 0.29) is 12.2 Å². The molecule has 0 radical (unpaired) electrons. The molecule has 0 saturated carbocycles. The molecular formula is C14H14F4O2. The molecule has 0 spiro atoms. The maximum Gasteiger partial charge on any atom is 0.377 e. The van der Waals surface area contributed by atoms with Crippen LogP contribution >= 0.6 is 0 Å². The Kier molecular flexibility index (Phi) is 5.30. The Morgan fingerprint density at radius 1 is 1.20 bits per heavy atom. The Balaban J connectivity index is 3.03. The molecule has 0 fully saturated rings. The summed E-state index contributed by atoms with van der Waals surface area (Å²) in [6, 6.07) is 5.68. The molecule has 1 aromatic rings. The molecule has 0 saturated heterocycles. The highest BCUT2D eigenvalue weighted by molar-refractivity contribution is 5.81. The topological polar surface area (TPSA) is 26.3 Å². The van der Waals surface area contributed by atoms with Crippen molar-refractivity contribution >= 4 is 11.5 Å².